The zero-order valence-corrected chi connectivity index (χ0v) is 33.2. The van der Waals surface area contributed by atoms with Gasteiger partial charge in [0.15, 0.2) is 5.58 Å². The Morgan fingerprint density at radius 3 is 1.52 bits per heavy atom. The van der Waals surface area contributed by atoms with Crippen LogP contribution in [-0.2, 0) is 5.41 Å². The van der Waals surface area contributed by atoms with Crippen LogP contribution in [0.1, 0.15) is 22.3 Å². The Hall–Kier alpha value is -7.94. The zero-order valence-electron chi connectivity index (χ0n) is 33.2. The molecule has 0 N–H and O–H groups in total. The lowest BCUT2D eigenvalue weighted by molar-refractivity contribution is 0.673. The summed E-state index contributed by atoms with van der Waals surface area (Å²) in [6.07, 6.45) is 0. The molecule has 1 spiro atoms. The first-order chi connectivity index (χ1) is 30.3. The fraction of sp³-hybridized carbons (Fsp3) is 0.0169. The monoisotopic (exact) mass is 775 g/mol. The van der Waals surface area contributed by atoms with Gasteiger partial charge in [-0.15, -0.1) is 0 Å². The van der Waals surface area contributed by atoms with Gasteiger partial charge in [0.1, 0.15) is 5.58 Å². The van der Waals surface area contributed by atoms with Gasteiger partial charge in [0, 0.05) is 27.5 Å². The molecule has 0 unspecified atom stereocenters. The number of hydrogen-bond acceptors (Lipinski definition) is 2. The van der Waals surface area contributed by atoms with Gasteiger partial charge in [0.2, 0.25) is 0 Å². The molecular weight excluding hydrogens is 739 g/mol. The molecule has 1 aromatic heterocycles. The van der Waals surface area contributed by atoms with Gasteiger partial charge in [-0.1, -0.05) is 188 Å². The summed E-state index contributed by atoms with van der Waals surface area (Å²) in [5, 5.41) is 4.48. The Morgan fingerprint density at radius 2 is 0.852 bits per heavy atom. The Bertz CT molecular complexity index is 3460. The maximum Gasteiger partial charge on any atom is 0.160 e. The highest BCUT2D eigenvalue weighted by Gasteiger charge is 2.51. The lowest BCUT2D eigenvalue weighted by atomic mass is 9.70. The lowest BCUT2D eigenvalue weighted by Gasteiger charge is -2.32. The minimum absolute atomic E-state index is 0.470. The largest absolute Gasteiger partial charge is 0.453 e. The van der Waals surface area contributed by atoms with E-state index in [0.29, 0.717) is 0 Å². The van der Waals surface area contributed by atoms with E-state index in [4.69, 9.17) is 4.42 Å². The van der Waals surface area contributed by atoms with E-state index in [-0.39, 0.29) is 0 Å². The molecule has 1 heterocycles. The molecule has 2 nitrogen and oxygen atoms in total. The van der Waals surface area contributed by atoms with Crippen molar-refractivity contribution < 1.29 is 4.42 Å². The molecule has 61 heavy (non-hydrogen) atoms. The maximum absolute atomic E-state index is 7.26. The van der Waals surface area contributed by atoms with Crippen molar-refractivity contribution in [2.45, 2.75) is 5.41 Å². The lowest BCUT2D eigenvalue weighted by Crippen LogP contribution is -2.26. The third kappa shape index (κ3) is 4.79. The van der Waals surface area contributed by atoms with Crippen LogP contribution in [0.4, 0.5) is 17.1 Å². The van der Waals surface area contributed by atoms with Crippen molar-refractivity contribution in [2.75, 3.05) is 4.90 Å². The average molecular weight is 776 g/mol. The van der Waals surface area contributed by atoms with Gasteiger partial charge in [-0.2, -0.15) is 0 Å². The molecule has 13 rings (SSSR count). The first kappa shape index (κ1) is 34.0. The molecule has 11 aromatic rings. The number of fused-ring (bicyclic) bond motifs is 15. The number of hydrogen-bond donors (Lipinski definition) is 0. The van der Waals surface area contributed by atoms with Crippen molar-refractivity contribution in [2.24, 2.45) is 0 Å². The molecule has 284 valence electrons. The smallest absolute Gasteiger partial charge is 0.160 e. The molecule has 0 aliphatic heterocycles. The molecule has 0 amide bonds. The van der Waals surface area contributed by atoms with E-state index >= 15 is 0 Å². The van der Waals surface area contributed by atoms with E-state index in [1.54, 1.807) is 0 Å². The second kappa shape index (κ2) is 13.0. The summed E-state index contributed by atoms with van der Waals surface area (Å²) in [5.74, 6) is 0. The van der Waals surface area contributed by atoms with Gasteiger partial charge in [-0.25, -0.2) is 0 Å². The first-order valence-electron chi connectivity index (χ1n) is 21.1. The summed E-state index contributed by atoms with van der Waals surface area (Å²) in [7, 11) is 0. The van der Waals surface area contributed by atoms with Gasteiger partial charge in [0.25, 0.3) is 0 Å². The summed E-state index contributed by atoms with van der Waals surface area (Å²) in [4.78, 5) is 2.42. The SMILES string of the molecule is c1ccc(-c2ccc(N(c3ccc4c(c3)C3(c5ccccc5-c5ccccc53)c3ccccc3-4)c3ccc(-c4ccccc4)c4c3oc3c5ccccc5ccc34)cc2)cc1. The van der Waals surface area contributed by atoms with E-state index < -0.39 is 5.41 Å². The summed E-state index contributed by atoms with van der Waals surface area (Å²) in [5.41, 5.74) is 19.5. The van der Waals surface area contributed by atoms with Crippen molar-refractivity contribution in [3.05, 3.63) is 247 Å². The number of rotatable bonds is 5. The molecule has 0 radical (unpaired) electrons. The molecule has 0 saturated heterocycles. The third-order valence-corrected chi connectivity index (χ3v) is 13.3. The van der Waals surface area contributed by atoms with Crippen molar-refractivity contribution >= 4 is 49.8 Å². The van der Waals surface area contributed by atoms with E-state index in [0.717, 1.165) is 60.9 Å². The van der Waals surface area contributed by atoms with Crippen molar-refractivity contribution in [3.63, 3.8) is 0 Å². The van der Waals surface area contributed by atoms with Crippen molar-refractivity contribution in [1.29, 1.82) is 0 Å². The number of anilines is 3. The second-order valence-corrected chi connectivity index (χ2v) is 16.3. The van der Waals surface area contributed by atoms with Crippen LogP contribution < -0.4 is 4.90 Å². The maximum atomic E-state index is 7.26. The van der Waals surface area contributed by atoms with E-state index in [1.165, 1.54) is 55.6 Å². The highest BCUT2D eigenvalue weighted by Crippen LogP contribution is 2.63. The first-order valence-corrected chi connectivity index (χ1v) is 21.1. The Balaban J connectivity index is 1.11. The molecule has 10 aromatic carbocycles. The Kier molecular flexibility index (Phi) is 7.26. The normalized spacial score (nSPS) is 13.0. The van der Waals surface area contributed by atoms with Gasteiger partial charge in [-0.3, -0.25) is 0 Å². The van der Waals surface area contributed by atoms with Crippen LogP contribution in [0.2, 0.25) is 0 Å². The van der Waals surface area contributed by atoms with Gasteiger partial charge >= 0.3 is 0 Å². The van der Waals surface area contributed by atoms with Crippen LogP contribution in [0, 0.1) is 0 Å². The molecule has 2 aliphatic rings. The Morgan fingerprint density at radius 1 is 0.328 bits per heavy atom. The minimum atomic E-state index is -0.470. The fourth-order valence-corrected chi connectivity index (χ4v) is 10.7. The van der Waals surface area contributed by atoms with Crippen LogP contribution >= 0.6 is 0 Å². The summed E-state index contributed by atoms with van der Waals surface area (Å²) in [6, 6.07) is 82.1. The van der Waals surface area contributed by atoms with Gasteiger partial charge < -0.3 is 9.32 Å². The topological polar surface area (TPSA) is 16.4 Å². The molecule has 2 heteroatoms. The second-order valence-electron chi connectivity index (χ2n) is 16.3. The highest BCUT2D eigenvalue weighted by atomic mass is 16.3. The van der Waals surface area contributed by atoms with Crippen LogP contribution in [0.3, 0.4) is 0 Å². The quantitative estimate of drug-likeness (QED) is 0.173. The molecular formula is C59H37NO. The van der Waals surface area contributed by atoms with E-state index in [9.17, 15) is 0 Å². The molecule has 2 aliphatic carbocycles. The summed E-state index contributed by atoms with van der Waals surface area (Å²) >= 11 is 0. The van der Waals surface area contributed by atoms with Crippen molar-refractivity contribution in [1.82, 2.24) is 0 Å². The van der Waals surface area contributed by atoms with Gasteiger partial charge in [0.05, 0.1) is 11.1 Å². The predicted molar refractivity (Wildman–Crippen MR) is 253 cm³/mol. The zero-order chi connectivity index (χ0) is 40.1. The highest BCUT2D eigenvalue weighted by molar-refractivity contribution is 6.22. The van der Waals surface area contributed by atoms with E-state index in [1.807, 2.05) is 0 Å². The molecule has 0 saturated carbocycles. The Labute approximate surface area is 354 Å². The minimum Gasteiger partial charge on any atom is -0.453 e. The van der Waals surface area contributed by atoms with Gasteiger partial charge in [-0.05, 0) is 109 Å². The predicted octanol–water partition coefficient (Wildman–Crippen LogP) is 15.9. The van der Waals surface area contributed by atoms with Crippen LogP contribution in [-0.4, -0.2) is 0 Å². The number of benzene rings is 10. The molecule has 0 fully saturated rings. The number of nitrogens with zero attached hydrogens (tertiary/aromatic N) is 1. The number of furan rings is 1. The molecule has 0 bridgehead atoms. The third-order valence-electron chi connectivity index (χ3n) is 13.3. The molecule has 0 atom stereocenters. The van der Waals surface area contributed by atoms with Crippen LogP contribution in [0.5, 0.6) is 0 Å². The summed E-state index contributed by atoms with van der Waals surface area (Å²) < 4.78 is 7.26. The summed E-state index contributed by atoms with van der Waals surface area (Å²) in [6.45, 7) is 0. The average Bonchev–Trinajstić information content (AvgIpc) is 3.98. The fourth-order valence-electron chi connectivity index (χ4n) is 10.7. The van der Waals surface area contributed by atoms with Crippen LogP contribution in [0.25, 0.3) is 77.2 Å². The standard InChI is InChI=1S/C59H37NO/c1-3-15-38(16-4-1)39-27-30-42(31-28-39)60(55-36-35-44(40-17-5-2-6-18-40)56-50-33-29-41-19-7-8-20-45(41)57(50)61-58(55)56)43-32-34-49-48-23-11-14-26-53(48)59(54(49)37-43)51-24-12-9-21-46(51)47-22-10-13-25-52(47)59/h1-37H. The van der Waals surface area contributed by atoms with Crippen LogP contribution in [0.15, 0.2) is 229 Å². The van der Waals surface area contributed by atoms with E-state index in [2.05, 4.69) is 229 Å². The van der Waals surface area contributed by atoms with Crippen molar-refractivity contribution in [3.8, 4) is 44.5 Å².